The first kappa shape index (κ1) is 12.2. The first-order valence-corrected chi connectivity index (χ1v) is 6.54. The third kappa shape index (κ3) is 2.53. The normalized spacial score (nSPS) is 12.8. The van der Waals surface area contributed by atoms with Crippen molar-refractivity contribution < 1.29 is 0 Å². The molecule has 2 rings (SSSR count). The molecule has 0 aliphatic heterocycles. The van der Waals surface area contributed by atoms with E-state index in [9.17, 15) is 0 Å². The van der Waals surface area contributed by atoms with Crippen LogP contribution in [-0.2, 0) is 0 Å². The summed E-state index contributed by atoms with van der Waals surface area (Å²) in [5.74, 6) is 0. The van der Waals surface area contributed by atoms with Crippen LogP contribution in [0.15, 0.2) is 29.6 Å². The summed E-state index contributed by atoms with van der Waals surface area (Å²) in [6.45, 7) is 0. The summed E-state index contributed by atoms with van der Waals surface area (Å²) in [5, 5.41) is 3.73. The van der Waals surface area contributed by atoms with E-state index in [0.717, 1.165) is 10.4 Å². The summed E-state index contributed by atoms with van der Waals surface area (Å²) in [6, 6.07) is 6.81. The van der Waals surface area contributed by atoms with Gasteiger partial charge < -0.3 is 5.73 Å². The quantitative estimate of drug-likeness (QED) is 0.849. The van der Waals surface area contributed by atoms with Crippen molar-refractivity contribution in [1.29, 1.82) is 0 Å². The van der Waals surface area contributed by atoms with Crippen molar-refractivity contribution in [3.63, 3.8) is 0 Å². The molecule has 0 spiro atoms. The van der Waals surface area contributed by atoms with Gasteiger partial charge in [0.1, 0.15) is 0 Å². The summed E-state index contributed by atoms with van der Waals surface area (Å²) in [7, 11) is 0. The second-order valence-corrected chi connectivity index (χ2v) is 5.54. The van der Waals surface area contributed by atoms with E-state index in [1.165, 1.54) is 11.3 Å². The zero-order valence-corrected chi connectivity index (χ0v) is 11.2. The smallest absolute Gasteiger partial charge is 0.0662 e. The third-order valence-electron chi connectivity index (χ3n) is 2.17. The summed E-state index contributed by atoms with van der Waals surface area (Å²) < 4.78 is 0. The lowest BCUT2D eigenvalue weighted by Gasteiger charge is -2.11. The van der Waals surface area contributed by atoms with Gasteiger partial charge in [-0.25, -0.2) is 0 Å². The number of halogens is 3. The number of hydrogen-bond acceptors (Lipinski definition) is 2. The van der Waals surface area contributed by atoms with Crippen molar-refractivity contribution in [2.45, 2.75) is 6.04 Å². The van der Waals surface area contributed by atoms with E-state index in [-0.39, 0.29) is 6.04 Å². The average Bonchev–Trinajstić information content (AvgIpc) is 2.62. The number of rotatable bonds is 2. The zero-order valence-electron chi connectivity index (χ0n) is 8.08. The maximum absolute atomic E-state index is 6.11. The lowest BCUT2D eigenvalue weighted by molar-refractivity contribution is 0.894. The number of thiophene rings is 1. The van der Waals surface area contributed by atoms with Crippen LogP contribution in [0, 0.1) is 0 Å². The molecule has 1 aromatic heterocycles. The lowest BCUT2D eigenvalue weighted by atomic mass is 10.1. The number of hydrogen-bond donors (Lipinski definition) is 1. The molecule has 84 valence electrons. The minimum absolute atomic E-state index is 0.288. The Morgan fingerprint density at radius 1 is 1.06 bits per heavy atom. The van der Waals surface area contributed by atoms with Crippen LogP contribution in [0.1, 0.15) is 16.5 Å². The van der Waals surface area contributed by atoms with E-state index in [4.69, 9.17) is 40.5 Å². The molecule has 0 fully saturated rings. The van der Waals surface area contributed by atoms with E-state index in [1.807, 2.05) is 11.4 Å². The number of nitrogens with two attached hydrogens (primary N) is 1. The Morgan fingerprint density at radius 3 is 2.19 bits per heavy atom. The highest BCUT2D eigenvalue weighted by atomic mass is 35.5. The monoisotopic (exact) mass is 291 g/mol. The molecule has 5 heteroatoms. The van der Waals surface area contributed by atoms with Gasteiger partial charge in [0.2, 0.25) is 0 Å². The Bertz CT molecular complexity index is 489. The van der Waals surface area contributed by atoms with Gasteiger partial charge in [0.15, 0.2) is 0 Å². The Labute approximate surface area is 113 Å². The molecule has 1 aromatic carbocycles. The van der Waals surface area contributed by atoms with Gasteiger partial charge >= 0.3 is 0 Å². The van der Waals surface area contributed by atoms with Crippen LogP contribution in [-0.4, -0.2) is 0 Å². The average molecular weight is 293 g/mol. The first-order chi connectivity index (χ1) is 7.58. The topological polar surface area (TPSA) is 26.0 Å². The van der Waals surface area contributed by atoms with Gasteiger partial charge in [0.05, 0.1) is 11.1 Å². The van der Waals surface area contributed by atoms with Crippen molar-refractivity contribution in [2.24, 2.45) is 5.73 Å². The van der Waals surface area contributed by atoms with E-state index in [0.29, 0.717) is 15.1 Å². The van der Waals surface area contributed by atoms with Crippen LogP contribution in [0.5, 0.6) is 0 Å². The highest BCUT2D eigenvalue weighted by Gasteiger charge is 2.14. The van der Waals surface area contributed by atoms with Crippen LogP contribution in [0.4, 0.5) is 0 Å². The van der Waals surface area contributed by atoms with Crippen molar-refractivity contribution in [2.75, 3.05) is 0 Å². The summed E-state index contributed by atoms with van der Waals surface area (Å²) in [6.07, 6.45) is 0. The third-order valence-corrected chi connectivity index (χ3v) is 4.05. The molecular formula is C11H8Cl3NS. The van der Waals surface area contributed by atoms with E-state index in [1.54, 1.807) is 18.2 Å². The first-order valence-electron chi connectivity index (χ1n) is 4.52. The largest absolute Gasteiger partial charge is 0.320 e. The van der Waals surface area contributed by atoms with Crippen molar-refractivity contribution in [3.05, 3.63) is 55.2 Å². The van der Waals surface area contributed by atoms with Crippen LogP contribution in [0.2, 0.25) is 15.1 Å². The van der Waals surface area contributed by atoms with Gasteiger partial charge in [-0.1, -0.05) is 34.8 Å². The standard InChI is InChI=1S/C11H8Cl3NS/c12-7-3-6(4-8(13)5-7)10(15)11-9(14)1-2-16-11/h1-5,10H,15H2. The van der Waals surface area contributed by atoms with Crippen LogP contribution in [0.3, 0.4) is 0 Å². The Hall–Kier alpha value is -0.250. The van der Waals surface area contributed by atoms with Crippen molar-refractivity contribution in [1.82, 2.24) is 0 Å². The van der Waals surface area contributed by atoms with Gasteiger partial charge in [-0.2, -0.15) is 0 Å². The Kier molecular flexibility index (Phi) is 3.77. The highest BCUT2D eigenvalue weighted by Crippen LogP contribution is 2.33. The maximum Gasteiger partial charge on any atom is 0.0662 e. The highest BCUT2D eigenvalue weighted by molar-refractivity contribution is 7.10. The molecule has 2 N–H and O–H groups in total. The van der Waals surface area contributed by atoms with E-state index >= 15 is 0 Å². The minimum atomic E-state index is -0.288. The van der Waals surface area contributed by atoms with Gasteiger partial charge in [-0.3, -0.25) is 0 Å². The van der Waals surface area contributed by atoms with E-state index in [2.05, 4.69) is 0 Å². The summed E-state index contributed by atoms with van der Waals surface area (Å²) >= 11 is 19.4. The Morgan fingerprint density at radius 2 is 1.69 bits per heavy atom. The second kappa shape index (κ2) is 4.94. The predicted molar refractivity (Wildman–Crippen MR) is 71.8 cm³/mol. The van der Waals surface area contributed by atoms with E-state index < -0.39 is 0 Å². The zero-order chi connectivity index (χ0) is 11.7. The van der Waals surface area contributed by atoms with Gasteiger partial charge in [-0.05, 0) is 35.2 Å². The minimum Gasteiger partial charge on any atom is -0.320 e. The molecule has 0 amide bonds. The fraction of sp³-hybridized carbons (Fsp3) is 0.0909. The van der Waals surface area contributed by atoms with Crippen molar-refractivity contribution >= 4 is 46.1 Å². The molecule has 1 atom stereocenters. The molecule has 2 aromatic rings. The molecule has 0 saturated carbocycles. The molecule has 0 radical (unpaired) electrons. The van der Waals surface area contributed by atoms with Gasteiger partial charge in [0, 0.05) is 14.9 Å². The van der Waals surface area contributed by atoms with Crippen molar-refractivity contribution in [3.8, 4) is 0 Å². The molecule has 0 aliphatic rings. The molecule has 16 heavy (non-hydrogen) atoms. The molecular weight excluding hydrogens is 285 g/mol. The molecule has 1 heterocycles. The number of benzene rings is 1. The SMILES string of the molecule is NC(c1cc(Cl)cc(Cl)c1)c1sccc1Cl. The lowest BCUT2D eigenvalue weighted by Crippen LogP contribution is -2.10. The summed E-state index contributed by atoms with van der Waals surface area (Å²) in [4.78, 5) is 0.917. The summed E-state index contributed by atoms with van der Waals surface area (Å²) in [5.41, 5.74) is 6.97. The van der Waals surface area contributed by atoms with Gasteiger partial charge in [-0.15, -0.1) is 11.3 Å². The van der Waals surface area contributed by atoms with Gasteiger partial charge in [0.25, 0.3) is 0 Å². The molecule has 0 aliphatic carbocycles. The predicted octanol–water partition coefficient (Wildman–Crippen LogP) is 4.76. The van der Waals surface area contributed by atoms with Crippen LogP contribution < -0.4 is 5.73 Å². The molecule has 1 unspecified atom stereocenters. The molecule has 0 bridgehead atoms. The fourth-order valence-corrected chi connectivity index (χ4v) is 3.18. The molecule has 1 nitrogen and oxygen atoms in total. The molecule has 0 saturated heterocycles. The van der Waals surface area contributed by atoms with Crippen LogP contribution in [0.25, 0.3) is 0 Å². The Balaban J connectivity index is 2.41. The fourth-order valence-electron chi connectivity index (χ4n) is 1.43. The maximum atomic E-state index is 6.11. The van der Waals surface area contributed by atoms with Crippen LogP contribution >= 0.6 is 46.1 Å². The second-order valence-electron chi connectivity index (χ2n) is 3.31.